The van der Waals surface area contributed by atoms with Crippen molar-refractivity contribution in [2.24, 2.45) is 0 Å². The van der Waals surface area contributed by atoms with Gasteiger partial charge in [0, 0.05) is 7.05 Å². The van der Waals surface area contributed by atoms with E-state index >= 15 is 0 Å². The molecule has 0 spiro atoms. The molecule has 6 nitrogen and oxygen atoms in total. The molecule has 0 aromatic heterocycles. The summed E-state index contributed by atoms with van der Waals surface area (Å²) in [6.07, 6.45) is 4.19. The molecule has 0 heterocycles. The van der Waals surface area contributed by atoms with E-state index < -0.39 is 24.0 Å². The van der Waals surface area contributed by atoms with Gasteiger partial charge < -0.3 is 14.4 Å². The number of likely N-dealkylation sites (N-methyl/N-ethyl adjacent to an activating group) is 1. The van der Waals surface area contributed by atoms with E-state index in [0.29, 0.717) is 23.6 Å². The average Bonchev–Trinajstić information content (AvgIpc) is 2.65. The Hall–Kier alpha value is -2.26. The molecule has 1 aromatic rings. The molecule has 1 aliphatic rings. The van der Waals surface area contributed by atoms with Crippen molar-refractivity contribution in [3.8, 4) is 11.8 Å². The molecule has 2 rings (SSSR count). The average molecular weight is 365 g/mol. The lowest BCUT2D eigenvalue weighted by Crippen LogP contribution is -2.51. The topological polar surface area (TPSA) is 79.6 Å². The van der Waals surface area contributed by atoms with E-state index in [1.54, 1.807) is 31.3 Å². The Balaban J connectivity index is 1.81. The first-order valence-electron chi connectivity index (χ1n) is 8.19. The summed E-state index contributed by atoms with van der Waals surface area (Å²) in [5.41, 5.74) is -0.796. The van der Waals surface area contributed by atoms with Gasteiger partial charge in [0.15, 0.2) is 13.2 Å². The molecule has 1 fully saturated rings. The smallest absolute Gasteiger partial charge is 0.344 e. The van der Waals surface area contributed by atoms with E-state index in [0.717, 1.165) is 19.3 Å². The summed E-state index contributed by atoms with van der Waals surface area (Å²) < 4.78 is 10.2. The molecule has 0 unspecified atom stereocenters. The minimum atomic E-state index is -0.796. The summed E-state index contributed by atoms with van der Waals surface area (Å²) in [5.74, 6) is -0.693. The van der Waals surface area contributed by atoms with Gasteiger partial charge in [-0.25, -0.2) is 4.79 Å². The summed E-state index contributed by atoms with van der Waals surface area (Å²) in [6, 6.07) is 9.02. The Morgan fingerprint density at radius 3 is 2.56 bits per heavy atom. The minimum Gasteiger partial charge on any atom is -0.480 e. The summed E-state index contributed by atoms with van der Waals surface area (Å²) in [6.45, 7) is -0.755. The lowest BCUT2D eigenvalue weighted by molar-refractivity contribution is -0.155. The van der Waals surface area contributed by atoms with E-state index in [9.17, 15) is 14.9 Å². The van der Waals surface area contributed by atoms with Crippen molar-refractivity contribution in [2.75, 3.05) is 20.3 Å². The van der Waals surface area contributed by atoms with Crippen molar-refractivity contribution in [2.45, 2.75) is 37.6 Å². The molecule has 0 atom stereocenters. The minimum absolute atomic E-state index is 0.343. The number of esters is 1. The molecular weight excluding hydrogens is 344 g/mol. The third-order valence-electron chi connectivity index (χ3n) is 4.44. The van der Waals surface area contributed by atoms with Crippen LogP contribution in [0.5, 0.6) is 5.75 Å². The number of rotatable bonds is 6. The van der Waals surface area contributed by atoms with Gasteiger partial charge in [0.2, 0.25) is 0 Å². The number of benzene rings is 1. The van der Waals surface area contributed by atoms with Crippen LogP contribution in [0.25, 0.3) is 0 Å². The maximum absolute atomic E-state index is 12.3. The van der Waals surface area contributed by atoms with Crippen LogP contribution < -0.4 is 4.74 Å². The number of halogens is 1. The number of hydrogen-bond donors (Lipinski definition) is 0. The molecule has 0 N–H and O–H groups in total. The van der Waals surface area contributed by atoms with Crippen LogP contribution >= 0.6 is 11.6 Å². The van der Waals surface area contributed by atoms with Gasteiger partial charge in [-0.05, 0) is 25.0 Å². The zero-order chi connectivity index (χ0) is 18.3. The standard InChI is InChI=1S/C18H21ClN2O4/c1-21(18(13-20)9-5-2-6-10-18)16(22)11-25-17(23)12-24-15-8-4-3-7-14(15)19/h3-4,7-8H,2,5-6,9-12H2,1H3. The first kappa shape index (κ1) is 19.1. The molecule has 1 aliphatic carbocycles. The molecule has 134 valence electrons. The van der Waals surface area contributed by atoms with Gasteiger partial charge in [-0.15, -0.1) is 0 Å². The fourth-order valence-corrected chi connectivity index (χ4v) is 3.07. The largest absolute Gasteiger partial charge is 0.480 e. The first-order valence-corrected chi connectivity index (χ1v) is 8.57. The molecule has 0 bridgehead atoms. The second kappa shape index (κ2) is 8.72. The van der Waals surface area contributed by atoms with Gasteiger partial charge in [0.25, 0.3) is 5.91 Å². The van der Waals surface area contributed by atoms with E-state index in [4.69, 9.17) is 21.1 Å². The third kappa shape index (κ3) is 4.86. The van der Waals surface area contributed by atoms with Crippen molar-refractivity contribution in [1.29, 1.82) is 5.26 Å². The quantitative estimate of drug-likeness (QED) is 0.725. The summed E-state index contributed by atoms with van der Waals surface area (Å²) in [5, 5.41) is 9.88. The van der Waals surface area contributed by atoms with Crippen molar-refractivity contribution < 1.29 is 19.1 Å². The van der Waals surface area contributed by atoms with Gasteiger partial charge in [0.1, 0.15) is 11.3 Å². The van der Waals surface area contributed by atoms with Gasteiger partial charge in [0.05, 0.1) is 11.1 Å². The lowest BCUT2D eigenvalue weighted by Gasteiger charge is -2.38. The van der Waals surface area contributed by atoms with Crippen molar-refractivity contribution in [3.05, 3.63) is 29.3 Å². The number of carbonyl (C=O) groups is 2. The highest BCUT2D eigenvalue weighted by Gasteiger charge is 2.38. The molecule has 0 radical (unpaired) electrons. The molecule has 1 aromatic carbocycles. The van der Waals surface area contributed by atoms with Crippen LogP contribution in [0.3, 0.4) is 0 Å². The van der Waals surface area contributed by atoms with E-state index in [-0.39, 0.29) is 6.61 Å². The number of para-hydroxylation sites is 1. The van der Waals surface area contributed by atoms with Crippen LogP contribution in [0.2, 0.25) is 5.02 Å². The molecule has 0 aliphatic heterocycles. The van der Waals surface area contributed by atoms with Crippen LogP contribution in [0.4, 0.5) is 0 Å². The van der Waals surface area contributed by atoms with Gasteiger partial charge in [-0.2, -0.15) is 5.26 Å². The maximum Gasteiger partial charge on any atom is 0.344 e. The van der Waals surface area contributed by atoms with Gasteiger partial charge in [-0.3, -0.25) is 4.79 Å². The van der Waals surface area contributed by atoms with E-state index in [1.165, 1.54) is 4.90 Å². The third-order valence-corrected chi connectivity index (χ3v) is 4.76. The Bertz CT molecular complexity index is 665. The maximum atomic E-state index is 12.3. The van der Waals surface area contributed by atoms with Crippen molar-refractivity contribution in [1.82, 2.24) is 4.90 Å². The predicted octanol–water partition coefficient (Wildman–Crippen LogP) is 2.95. The SMILES string of the molecule is CN(C(=O)COC(=O)COc1ccccc1Cl)C1(C#N)CCCCC1. The number of nitrogens with zero attached hydrogens (tertiary/aromatic N) is 2. The van der Waals surface area contributed by atoms with Gasteiger partial charge >= 0.3 is 5.97 Å². The second-order valence-corrected chi connectivity index (χ2v) is 6.44. The molecule has 1 saturated carbocycles. The number of hydrogen-bond acceptors (Lipinski definition) is 5. The number of nitriles is 1. The van der Waals surface area contributed by atoms with Crippen molar-refractivity contribution in [3.63, 3.8) is 0 Å². The Labute approximate surface area is 152 Å². The zero-order valence-electron chi connectivity index (χ0n) is 14.2. The normalized spacial score (nSPS) is 15.7. The Kier molecular flexibility index (Phi) is 6.65. The number of amides is 1. The number of ether oxygens (including phenoxy) is 2. The van der Waals surface area contributed by atoms with Crippen molar-refractivity contribution >= 4 is 23.5 Å². The van der Waals surface area contributed by atoms with Crippen LogP contribution in [-0.2, 0) is 14.3 Å². The Morgan fingerprint density at radius 1 is 1.24 bits per heavy atom. The first-order chi connectivity index (χ1) is 12.0. The highest BCUT2D eigenvalue weighted by Crippen LogP contribution is 2.32. The monoisotopic (exact) mass is 364 g/mol. The molecule has 1 amide bonds. The zero-order valence-corrected chi connectivity index (χ0v) is 14.9. The second-order valence-electron chi connectivity index (χ2n) is 6.04. The Morgan fingerprint density at radius 2 is 1.92 bits per heavy atom. The predicted molar refractivity (Wildman–Crippen MR) is 92.1 cm³/mol. The fourth-order valence-electron chi connectivity index (χ4n) is 2.88. The highest BCUT2D eigenvalue weighted by atomic mass is 35.5. The van der Waals surface area contributed by atoms with Crippen LogP contribution in [-0.4, -0.2) is 42.6 Å². The lowest BCUT2D eigenvalue weighted by atomic mass is 9.81. The molecule has 7 heteroatoms. The van der Waals surface area contributed by atoms with E-state index in [1.807, 2.05) is 0 Å². The fraction of sp³-hybridized carbons (Fsp3) is 0.500. The van der Waals surface area contributed by atoms with Crippen LogP contribution in [0.15, 0.2) is 24.3 Å². The van der Waals surface area contributed by atoms with E-state index in [2.05, 4.69) is 6.07 Å². The summed E-state index contributed by atoms with van der Waals surface area (Å²) in [4.78, 5) is 25.4. The highest BCUT2D eigenvalue weighted by molar-refractivity contribution is 6.32. The van der Waals surface area contributed by atoms with Gasteiger partial charge in [-0.1, -0.05) is 43.0 Å². The van der Waals surface area contributed by atoms with Crippen LogP contribution in [0, 0.1) is 11.3 Å². The van der Waals surface area contributed by atoms with Crippen LogP contribution in [0.1, 0.15) is 32.1 Å². The molecular formula is C18H21ClN2O4. The molecule has 25 heavy (non-hydrogen) atoms. The number of carbonyl (C=O) groups excluding carboxylic acids is 2. The summed E-state index contributed by atoms with van der Waals surface area (Å²) in [7, 11) is 1.59. The molecule has 0 saturated heterocycles. The summed E-state index contributed by atoms with van der Waals surface area (Å²) >= 11 is 5.93.